The summed E-state index contributed by atoms with van der Waals surface area (Å²) in [7, 11) is 0. The lowest BCUT2D eigenvalue weighted by molar-refractivity contribution is 0.0816. The van der Waals surface area contributed by atoms with Crippen molar-refractivity contribution in [3.8, 4) is 57.1 Å². The summed E-state index contributed by atoms with van der Waals surface area (Å²) >= 11 is 0. The number of hydrogen-bond donors (Lipinski definition) is 8. The summed E-state index contributed by atoms with van der Waals surface area (Å²) in [5, 5.41) is 78.2. The highest BCUT2D eigenvalue weighted by atomic mass is 16.3. The minimum absolute atomic E-state index is 0.0138. The van der Waals surface area contributed by atoms with Crippen LogP contribution in [0, 0.1) is 0 Å². The molecule has 12 heteroatoms. The highest BCUT2D eigenvalue weighted by Gasteiger charge is 2.25. The van der Waals surface area contributed by atoms with Crippen LogP contribution in [0.3, 0.4) is 0 Å². The third-order valence-electron chi connectivity index (χ3n) is 5.89. The second-order valence-electron chi connectivity index (χ2n) is 8.51. The third-order valence-corrected chi connectivity index (χ3v) is 5.89. The monoisotopic (exact) mass is 546 g/mol. The van der Waals surface area contributed by atoms with Crippen LogP contribution in [0.2, 0.25) is 0 Å². The predicted molar refractivity (Wildman–Crippen MR) is 135 cm³/mol. The number of phenolic OH excluding ortho intramolecular Hbond substituents is 8. The van der Waals surface area contributed by atoms with E-state index < -0.39 is 80.3 Å². The van der Waals surface area contributed by atoms with E-state index in [1.165, 1.54) is 12.1 Å². The number of carbonyl (C=O) groups is 4. The molecule has 4 rings (SSSR count). The van der Waals surface area contributed by atoms with E-state index in [0.717, 1.165) is 48.5 Å². The van der Waals surface area contributed by atoms with E-state index in [1.54, 1.807) is 0 Å². The Hall–Kier alpha value is -6.04. The maximum atomic E-state index is 12.6. The zero-order valence-electron chi connectivity index (χ0n) is 20.0. The molecule has 4 aromatic carbocycles. The number of rotatable bonds is 7. The van der Waals surface area contributed by atoms with Crippen LogP contribution in [0.1, 0.15) is 41.4 Å². The van der Waals surface area contributed by atoms with Crippen molar-refractivity contribution in [1.82, 2.24) is 0 Å². The number of benzene rings is 4. The minimum atomic E-state index is -1.16. The summed E-state index contributed by atoms with van der Waals surface area (Å²) < 4.78 is 0. The summed E-state index contributed by atoms with van der Waals surface area (Å²) in [5.74, 6) is -10.7. The van der Waals surface area contributed by atoms with Crippen molar-refractivity contribution in [1.29, 1.82) is 0 Å². The van der Waals surface area contributed by atoms with Crippen molar-refractivity contribution < 1.29 is 60.0 Å². The van der Waals surface area contributed by atoms with Crippen molar-refractivity contribution in [2.24, 2.45) is 0 Å². The van der Waals surface area contributed by atoms with Gasteiger partial charge in [-0.2, -0.15) is 0 Å². The Labute approximate surface area is 223 Å². The van der Waals surface area contributed by atoms with Crippen LogP contribution in [0.25, 0.3) is 11.1 Å². The fourth-order valence-electron chi connectivity index (χ4n) is 3.80. The zero-order valence-corrected chi connectivity index (χ0v) is 20.0. The molecule has 0 saturated carbocycles. The number of hydrogen-bond acceptors (Lipinski definition) is 12. The number of phenols is 8. The maximum Gasteiger partial charge on any atom is 0.233 e. The van der Waals surface area contributed by atoms with Crippen LogP contribution >= 0.6 is 0 Å². The first kappa shape index (κ1) is 27.0. The van der Waals surface area contributed by atoms with Gasteiger partial charge in [0.15, 0.2) is 34.5 Å². The van der Waals surface area contributed by atoms with Crippen LogP contribution in [-0.2, 0) is 0 Å². The van der Waals surface area contributed by atoms with E-state index in [0.29, 0.717) is 0 Å². The number of aromatic hydroxyl groups is 8. The highest BCUT2D eigenvalue weighted by Crippen LogP contribution is 2.39. The number of ketones is 4. The van der Waals surface area contributed by atoms with Crippen LogP contribution in [0.15, 0.2) is 60.7 Å². The molecule has 8 N–H and O–H groups in total. The largest absolute Gasteiger partial charge is 0.507 e. The quantitative estimate of drug-likeness (QED) is 0.0949. The van der Waals surface area contributed by atoms with E-state index in [4.69, 9.17) is 0 Å². The minimum Gasteiger partial charge on any atom is -0.507 e. The lowest BCUT2D eigenvalue weighted by Crippen LogP contribution is -2.14. The van der Waals surface area contributed by atoms with Gasteiger partial charge >= 0.3 is 0 Å². The molecular weight excluding hydrogens is 528 g/mol. The topological polar surface area (TPSA) is 230 Å². The molecule has 0 bridgehead atoms. The predicted octanol–water partition coefficient (Wildman–Crippen LogP) is 3.13. The van der Waals surface area contributed by atoms with Crippen molar-refractivity contribution in [2.75, 3.05) is 0 Å². The zero-order chi connectivity index (χ0) is 29.5. The molecule has 0 aliphatic heterocycles. The summed E-state index contributed by atoms with van der Waals surface area (Å²) in [6, 6.07) is 9.69. The van der Waals surface area contributed by atoms with Crippen LogP contribution in [0.4, 0.5) is 0 Å². The van der Waals surface area contributed by atoms with Gasteiger partial charge in [0.05, 0.1) is 0 Å². The Morgan fingerprint density at radius 1 is 0.350 bits per heavy atom. The first-order valence-corrected chi connectivity index (χ1v) is 11.1. The van der Waals surface area contributed by atoms with E-state index in [2.05, 4.69) is 0 Å². The third kappa shape index (κ3) is 4.79. The molecular formula is C28H18O12. The van der Waals surface area contributed by atoms with Crippen LogP contribution < -0.4 is 0 Å². The summed E-state index contributed by atoms with van der Waals surface area (Å²) in [6.45, 7) is 0. The van der Waals surface area contributed by atoms with Gasteiger partial charge in [0.25, 0.3) is 0 Å². The van der Waals surface area contributed by atoms with Crippen LogP contribution in [0.5, 0.6) is 46.0 Å². The van der Waals surface area contributed by atoms with E-state index in [1.807, 2.05) is 0 Å². The Morgan fingerprint density at radius 2 is 0.600 bits per heavy atom. The molecule has 0 aliphatic carbocycles. The second-order valence-corrected chi connectivity index (χ2v) is 8.51. The molecule has 0 aliphatic rings. The summed E-state index contributed by atoms with van der Waals surface area (Å²) in [4.78, 5) is 50.3. The first-order chi connectivity index (χ1) is 18.8. The van der Waals surface area contributed by atoms with Gasteiger partial charge in [0.2, 0.25) is 23.1 Å². The van der Waals surface area contributed by atoms with E-state index in [9.17, 15) is 60.0 Å². The number of carbonyl (C=O) groups excluding carboxylic acids is 4. The molecule has 0 amide bonds. The number of Topliss-reactive ketones (excluding diaryl/α,β-unsaturated/α-hetero) is 4. The van der Waals surface area contributed by atoms with Gasteiger partial charge in [0, 0.05) is 33.4 Å². The molecule has 40 heavy (non-hydrogen) atoms. The Morgan fingerprint density at radius 3 is 0.875 bits per heavy atom. The summed E-state index contributed by atoms with van der Waals surface area (Å²) in [5.41, 5.74) is -1.44. The molecule has 0 radical (unpaired) electrons. The average molecular weight is 546 g/mol. The molecule has 0 spiro atoms. The van der Waals surface area contributed by atoms with E-state index >= 15 is 0 Å². The Bertz CT molecular complexity index is 1580. The average Bonchev–Trinajstić information content (AvgIpc) is 2.92. The highest BCUT2D eigenvalue weighted by molar-refractivity contribution is 6.50. The van der Waals surface area contributed by atoms with Crippen molar-refractivity contribution in [3.05, 3.63) is 82.9 Å². The second kappa shape index (κ2) is 10.0. The SMILES string of the molecule is O=C(C(=O)c1cc(O)c(O)c(O)c1)c1ccc(-c2ccc(C(=O)C(=O)c3cc(O)c(O)c(O)c3)cc2O)c(O)c1. The molecule has 0 fully saturated rings. The lowest BCUT2D eigenvalue weighted by Gasteiger charge is -2.11. The molecule has 0 unspecified atom stereocenters. The summed E-state index contributed by atoms with van der Waals surface area (Å²) in [6.07, 6.45) is 0. The van der Waals surface area contributed by atoms with E-state index in [-0.39, 0.29) is 22.3 Å². The molecule has 4 aromatic rings. The van der Waals surface area contributed by atoms with Crippen LogP contribution in [-0.4, -0.2) is 64.0 Å². The smallest absolute Gasteiger partial charge is 0.233 e. The molecule has 0 saturated heterocycles. The van der Waals surface area contributed by atoms with Crippen molar-refractivity contribution in [2.45, 2.75) is 0 Å². The molecule has 0 atom stereocenters. The maximum absolute atomic E-state index is 12.6. The molecule has 0 aromatic heterocycles. The van der Waals surface area contributed by atoms with Gasteiger partial charge < -0.3 is 40.9 Å². The van der Waals surface area contributed by atoms with Gasteiger partial charge in [0.1, 0.15) is 11.5 Å². The van der Waals surface area contributed by atoms with Gasteiger partial charge in [-0.05, 0) is 48.5 Å². The molecule has 12 nitrogen and oxygen atoms in total. The van der Waals surface area contributed by atoms with Gasteiger partial charge in [-0.1, -0.05) is 12.1 Å². The first-order valence-electron chi connectivity index (χ1n) is 11.1. The fraction of sp³-hybridized carbons (Fsp3) is 0. The van der Waals surface area contributed by atoms with Gasteiger partial charge in [-0.15, -0.1) is 0 Å². The standard InChI is InChI=1S/C28H18O12/c29-17-5-11(23(35)25(37)13-7-19(31)27(39)20(32)8-13)1-3-15(17)16-4-2-12(6-18(16)30)24(36)26(38)14-9-21(33)28(40)22(34)10-14/h1-10,29-34,39-40H. The normalized spacial score (nSPS) is 10.7. The molecule has 0 heterocycles. The van der Waals surface area contributed by atoms with Gasteiger partial charge in [-0.25, -0.2) is 0 Å². The Kier molecular flexibility index (Phi) is 6.77. The lowest BCUT2D eigenvalue weighted by atomic mass is 9.95. The van der Waals surface area contributed by atoms with Crippen molar-refractivity contribution in [3.63, 3.8) is 0 Å². The van der Waals surface area contributed by atoms with Gasteiger partial charge in [-0.3, -0.25) is 19.2 Å². The van der Waals surface area contributed by atoms with Crippen molar-refractivity contribution >= 4 is 23.1 Å². The molecule has 202 valence electrons. The fourth-order valence-corrected chi connectivity index (χ4v) is 3.80. The Balaban J connectivity index is 1.59.